The van der Waals surface area contributed by atoms with E-state index in [0.717, 1.165) is 11.6 Å². The Morgan fingerprint density at radius 1 is 1.30 bits per heavy atom. The lowest BCUT2D eigenvalue weighted by Gasteiger charge is -2.19. The molecule has 0 saturated carbocycles. The van der Waals surface area contributed by atoms with E-state index in [1.54, 1.807) is 0 Å². The summed E-state index contributed by atoms with van der Waals surface area (Å²) in [5.74, 6) is 0. The molecule has 0 bridgehead atoms. The van der Waals surface area contributed by atoms with E-state index >= 15 is 0 Å². The number of quaternary nitrogens is 2. The zero-order valence-corrected chi connectivity index (χ0v) is 14.9. The van der Waals surface area contributed by atoms with Crippen molar-refractivity contribution in [3.8, 4) is 0 Å². The lowest BCUT2D eigenvalue weighted by atomic mass is 10.2. The van der Waals surface area contributed by atoms with Gasteiger partial charge in [-0.05, 0) is 12.1 Å². The number of nitrogens with zero attached hydrogens (tertiary/aromatic N) is 1. The summed E-state index contributed by atoms with van der Waals surface area (Å²) in [4.78, 5) is 5.85. The topological polar surface area (TPSA) is 33.9 Å². The number of hydrogen-bond acceptors (Lipinski definition) is 2. The first-order valence-electron chi connectivity index (χ1n) is 6.57. The molecule has 3 nitrogen and oxygen atoms in total. The Morgan fingerprint density at radius 2 is 1.95 bits per heavy atom. The fourth-order valence-electron chi connectivity index (χ4n) is 2.28. The van der Waals surface area contributed by atoms with Crippen LogP contribution in [0.4, 0.5) is 0 Å². The lowest BCUT2D eigenvalue weighted by molar-refractivity contribution is -0.872. The third-order valence-electron chi connectivity index (χ3n) is 3.06. The number of nitrogens with two attached hydrogens (primary N) is 1. The molecule has 3 N–H and O–H groups in total. The Kier molecular flexibility index (Phi) is 10.2. The molecular weight excluding hydrogens is 337 g/mol. The second kappa shape index (κ2) is 10.1. The maximum Gasteiger partial charge on any atom is 0.130 e. The molecule has 116 valence electrons. The van der Waals surface area contributed by atoms with E-state index in [4.69, 9.17) is 11.6 Å². The zero-order valence-electron chi connectivity index (χ0n) is 11.8. The van der Waals surface area contributed by atoms with Gasteiger partial charge < -0.3 is 35.0 Å². The molecule has 0 aliphatic carbocycles. The molecule has 1 aliphatic heterocycles. The predicted molar refractivity (Wildman–Crippen MR) is 76.3 cm³/mol. The van der Waals surface area contributed by atoms with E-state index in [0.29, 0.717) is 10.4 Å². The second-order valence-electron chi connectivity index (χ2n) is 5.20. The van der Waals surface area contributed by atoms with E-state index < -0.39 is 0 Å². The summed E-state index contributed by atoms with van der Waals surface area (Å²) in [6, 6.07) is 4.18. The maximum absolute atomic E-state index is 6.11. The normalized spacial score (nSPS) is 15.6. The summed E-state index contributed by atoms with van der Waals surface area (Å²) in [7, 11) is 4.30. The second-order valence-corrected chi connectivity index (χ2v) is 6.91. The highest BCUT2D eigenvalue weighted by Crippen LogP contribution is 2.28. The molecule has 2 heterocycles. The number of rotatable bonds is 4. The number of thioether (sulfide) groups is 1. The average molecular weight is 359 g/mol. The first kappa shape index (κ1) is 20.3. The Bertz CT molecular complexity index is 398. The Hall–Kier alpha value is 0.290. The van der Waals surface area contributed by atoms with Crippen molar-refractivity contribution >= 4 is 23.4 Å². The highest BCUT2D eigenvalue weighted by molar-refractivity contribution is 7.99. The van der Waals surface area contributed by atoms with Crippen LogP contribution in [0.15, 0.2) is 17.2 Å². The molecule has 20 heavy (non-hydrogen) atoms. The van der Waals surface area contributed by atoms with Gasteiger partial charge in [-0.15, -0.1) is 11.8 Å². The van der Waals surface area contributed by atoms with Crippen LogP contribution >= 0.6 is 23.4 Å². The Balaban J connectivity index is 0.00000180. The summed E-state index contributed by atoms with van der Waals surface area (Å²) >= 11 is 8.01. The smallest absolute Gasteiger partial charge is 0.130 e. The summed E-state index contributed by atoms with van der Waals surface area (Å²) in [5, 5.41) is 4.81. The molecule has 0 radical (unpaired) electrons. The van der Waals surface area contributed by atoms with Crippen LogP contribution in [0.25, 0.3) is 0 Å². The Morgan fingerprint density at radius 3 is 2.55 bits per heavy atom. The van der Waals surface area contributed by atoms with E-state index in [1.165, 1.54) is 36.4 Å². The van der Waals surface area contributed by atoms with Gasteiger partial charge in [0.1, 0.15) is 11.7 Å². The maximum atomic E-state index is 6.11. The molecule has 2 rings (SSSR count). The molecule has 1 saturated heterocycles. The van der Waals surface area contributed by atoms with Crippen LogP contribution in [0, 0.1) is 0 Å². The van der Waals surface area contributed by atoms with Gasteiger partial charge in [-0.25, -0.2) is 4.98 Å². The number of halogens is 3. The van der Waals surface area contributed by atoms with Crippen LogP contribution < -0.4 is 35.0 Å². The first-order valence-corrected chi connectivity index (χ1v) is 7.83. The SMILES string of the molecule is C[NH+](C)Cc1cc(Cl)nc(SC2CC[NH2+]CC2)c1.[Cl-].[Cl-]. The van der Waals surface area contributed by atoms with Crippen molar-refractivity contribution in [1.82, 2.24) is 4.98 Å². The van der Waals surface area contributed by atoms with Gasteiger partial charge in [0, 0.05) is 23.7 Å². The first-order chi connectivity index (χ1) is 8.63. The lowest BCUT2D eigenvalue weighted by Crippen LogP contribution is -3.04. The molecule has 1 aromatic rings. The number of pyridine rings is 1. The Labute approximate surface area is 143 Å². The molecule has 1 aliphatic rings. The van der Waals surface area contributed by atoms with Gasteiger partial charge in [0.15, 0.2) is 0 Å². The van der Waals surface area contributed by atoms with Crippen LogP contribution in [0.1, 0.15) is 18.4 Å². The van der Waals surface area contributed by atoms with Gasteiger partial charge in [0.05, 0.1) is 32.2 Å². The summed E-state index contributed by atoms with van der Waals surface area (Å²) < 4.78 is 0. The quantitative estimate of drug-likeness (QED) is 0.526. The van der Waals surface area contributed by atoms with Crippen LogP contribution in [0.2, 0.25) is 5.15 Å². The largest absolute Gasteiger partial charge is 1.00 e. The van der Waals surface area contributed by atoms with Crippen molar-refractivity contribution < 1.29 is 35.0 Å². The highest BCUT2D eigenvalue weighted by atomic mass is 35.5. The van der Waals surface area contributed by atoms with E-state index in [9.17, 15) is 0 Å². The number of nitrogens with one attached hydrogen (secondary N) is 1. The van der Waals surface area contributed by atoms with Crippen molar-refractivity contribution in [2.24, 2.45) is 0 Å². The van der Waals surface area contributed by atoms with Crippen molar-refractivity contribution in [2.45, 2.75) is 29.7 Å². The number of piperidine rings is 1. The standard InChI is InChI=1S/C13H20ClN3S.2ClH/c1-17(2)9-10-7-12(14)16-13(8-10)18-11-3-5-15-6-4-11;;/h7-8,11,15H,3-6,9H2,1-2H3;2*1H. The number of hydrogen-bond donors (Lipinski definition) is 2. The molecule has 0 amide bonds. The van der Waals surface area contributed by atoms with Crippen LogP contribution in [-0.4, -0.2) is 37.4 Å². The minimum Gasteiger partial charge on any atom is -1.00 e. The summed E-state index contributed by atoms with van der Waals surface area (Å²) in [6.07, 6.45) is 2.54. The van der Waals surface area contributed by atoms with Crippen molar-refractivity contribution in [2.75, 3.05) is 27.2 Å². The van der Waals surface area contributed by atoms with Gasteiger partial charge >= 0.3 is 0 Å². The van der Waals surface area contributed by atoms with Gasteiger partial charge in [-0.3, -0.25) is 0 Å². The third kappa shape index (κ3) is 6.83. The van der Waals surface area contributed by atoms with Gasteiger partial charge in [-0.2, -0.15) is 0 Å². The van der Waals surface area contributed by atoms with Crippen molar-refractivity contribution in [3.05, 3.63) is 22.8 Å². The van der Waals surface area contributed by atoms with Gasteiger partial charge in [-0.1, -0.05) is 11.6 Å². The number of aromatic nitrogens is 1. The molecule has 7 heteroatoms. The molecule has 0 atom stereocenters. The van der Waals surface area contributed by atoms with Gasteiger partial charge in [0.2, 0.25) is 0 Å². The van der Waals surface area contributed by atoms with Crippen molar-refractivity contribution in [1.29, 1.82) is 0 Å². The molecule has 0 aromatic carbocycles. The fourth-order valence-corrected chi connectivity index (χ4v) is 3.78. The van der Waals surface area contributed by atoms with Crippen molar-refractivity contribution in [3.63, 3.8) is 0 Å². The third-order valence-corrected chi connectivity index (χ3v) is 4.51. The minimum atomic E-state index is 0. The summed E-state index contributed by atoms with van der Waals surface area (Å²) in [6.45, 7) is 3.48. The summed E-state index contributed by atoms with van der Waals surface area (Å²) in [5.41, 5.74) is 1.28. The monoisotopic (exact) mass is 357 g/mol. The fraction of sp³-hybridized carbons (Fsp3) is 0.615. The molecular formula is C13H22Cl3N3S. The molecule has 1 aromatic heterocycles. The van der Waals surface area contributed by atoms with Crippen LogP contribution in [0.5, 0.6) is 0 Å². The molecule has 0 unspecified atom stereocenters. The highest BCUT2D eigenvalue weighted by Gasteiger charge is 2.17. The minimum absolute atomic E-state index is 0. The van der Waals surface area contributed by atoms with E-state index in [2.05, 4.69) is 30.5 Å². The average Bonchev–Trinajstić information content (AvgIpc) is 2.28. The van der Waals surface area contributed by atoms with Gasteiger partial charge in [0.25, 0.3) is 0 Å². The zero-order chi connectivity index (χ0) is 13.0. The van der Waals surface area contributed by atoms with Crippen LogP contribution in [0.3, 0.4) is 0 Å². The van der Waals surface area contributed by atoms with Crippen LogP contribution in [-0.2, 0) is 6.54 Å². The van der Waals surface area contributed by atoms with E-state index in [-0.39, 0.29) is 24.8 Å². The molecule has 0 spiro atoms. The molecule has 1 fully saturated rings. The van der Waals surface area contributed by atoms with E-state index in [1.807, 2.05) is 17.8 Å². The predicted octanol–water partition coefficient (Wildman–Crippen LogP) is -5.79.